The van der Waals surface area contributed by atoms with E-state index in [1.54, 1.807) is 28.7 Å². The van der Waals surface area contributed by atoms with Crippen LogP contribution in [0, 0.1) is 6.92 Å². The van der Waals surface area contributed by atoms with Gasteiger partial charge in [-0.05, 0) is 6.92 Å². The second-order valence-corrected chi connectivity index (χ2v) is 5.54. The molecule has 2 rings (SSSR count). The molecule has 0 aliphatic carbocycles. The van der Waals surface area contributed by atoms with Gasteiger partial charge in [0.2, 0.25) is 0 Å². The van der Waals surface area contributed by atoms with E-state index in [1.165, 1.54) is 11.3 Å². The molecule has 0 aliphatic rings. The summed E-state index contributed by atoms with van der Waals surface area (Å²) in [6.07, 6.45) is 0. The van der Waals surface area contributed by atoms with Crippen LogP contribution in [-0.2, 0) is 6.54 Å². The number of rotatable bonds is 3. The van der Waals surface area contributed by atoms with Gasteiger partial charge in [-0.15, -0.1) is 22.7 Å². The van der Waals surface area contributed by atoms with Crippen molar-refractivity contribution in [2.75, 3.05) is 12.8 Å². The van der Waals surface area contributed by atoms with E-state index >= 15 is 0 Å². The van der Waals surface area contributed by atoms with Crippen LogP contribution in [0.5, 0.6) is 0 Å². The molecule has 7 heteroatoms. The fraction of sp³-hybridized carbons (Fsp3) is 0.300. The largest absolute Gasteiger partial charge is 0.375 e. The molecule has 0 aliphatic heterocycles. The summed E-state index contributed by atoms with van der Waals surface area (Å²) in [6.45, 7) is 2.43. The first-order valence-corrected chi connectivity index (χ1v) is 6.69. The smallest absolute Gasteiger partial charge is 0.273 e. The maximum atomic E-state index is 12.0. The molecule has 2 N–H and O–H groups in total. The number of nitrogen functional groups attached to an aromatic ring is 1. The minimum atomic E-state index is -0.136. The normalized spacial score (nSPS) is 10.5. The van der Waals surface area contributed by atoms with Crippen molar-refractivity contribution in [2.45, 2.75) is 13.5 Å². The molecule has 2 aromatic rings. The molecule has 2 heterocycles. The summed E-state index contributed by atoms with van der Waals surface area (Å²) in [4.78, 5) is 21.8. The summed E-state index contributed by atoms with van der Waals surface area (Å²) in [7, 11) is 1.73. The number of nitrogens with two attached hydrogens (primary N) is 1. The van der Waals surface area contributed by atoms with Crippen molar-refractivity contribution in [2.24, 2.45) is 0 Å². The highest BCUT2D eigenvalue weighted by molar-refractivity contribution is 7.13. The van der Waals surface area contributed by atoms with Crippen LogP contribution in [0.1, 0.15) is 21.2 Å². The monoisotopic (exact) mass is 268 g/mol. The summed E-state index contributed by atoms with van der Waals surface area (Å²) in [5.41, 5.74) is 6.78. The lowest BCUT2D eigenvalue weighted by Crippen LogP contribution is -2.26. The zero-order valence-electron chi connectivity index (χ0n) is 9.51. The Hall–Kier alpha value is -1.47. The standard InChI is InChI=1S/C10H12N4OS2/c1-6-12-7(4-16-6)3-14(2)9(15)8-5-17-10(11)13-8/h4-5H,3H2,1-2H3,(H2,11,13). The van der Waals surface area contributed by atoms with E-state index < -0.39 is 0 Å². The molecule has 0 atom stereocenters. The van der Waals surface area contributed by atoms with Gasteiger partial charge >= 0.3 is 0 Å². The van der Waals surface area contributed by atoms with E-state index in [1.807, 2.05) is 12.3 Å². The third kappa shape index (κ3) is 2.80. The number of hydrogen-bond donors (Lipinski definition) is 1. The van der Waals surface area contributed by atoms with Gasteiger partial charge in [0.25, 0.3) is 5.91 Å². The Morgan fingerprint density at radius 1 is 1.41 bits per heavy atom. The van der Waals surface area contributed by atoms with Crippen LogP contribution >= 0.6 is 22.7 Å². The Kier molecular flexibility index (Phi) is 3.39. The highest BCUT2D eigenvalue weighted by atomic mass is 32.1. The number of carbonyl (C=O) groups excluding carboxylic acids is 1. The van der Waals surface area contributed by atoms with E-state index in [9.17, 15) is 4.79 Å². The van der Waals surface area contributed by atoms with Crippen molar-refractivity contribution < 1.29 is 4.79 Å². The van der Waals surface area contributed by atoms with E-state index in [4.69, 9.17) is 5.73 Å². The summed E-state index contributed by atoms with van der Waals surface area (Å²) < 4.78 is 0. The first kappa shape index (κ1) is 12.0. The maximum Gasteiger partial charge on any atom is 0.273 e. The summed E-state index contributed by atoms with van der Waals surface area (Å²) in [6, 6.07) is 0. The molecule has 5 nitrogen and oxygen atoms in total. The minimum absolute atomic E-state index is 0.136. The quantitative estimate of drug-likeness (QED) is 0.920. The minimum Gasteiger partial charge on any atom is -0.375 e. The second-order valence-electron chi connectivity index (χ2n) is 3.59. The lowest BCUT2D eigenvalue weighted by atomic mass is 10.4. The third-order valence-electron chi connectivity index (χ3n) is 2.15. The van der Waals surface area contributed by atoms with Crippen LogP contribution in [0.2, 0.25) is 0 Å². The van der Waals surface area contributed by atoms with E-state index in [2.05, 4.69) is 9.97 Å². The molecule has 0 aromatic carbocycles. The molecule has 0 bridgehead atoms. The van der Waals surface area contributed by atoms with Gasteiger partial charge in [-0.1, -0.05) is 0 Å². The fourth-order valence-corrected chi connectivity index (χ4v) is 2.52. The molecule has 2 aromatic heterocycles. The number of nitrogens with zero attached hydrogens (tertiary/aromatic N) is 3. The molecular weight excluding hydrogens is 256 g/mol. The van der Waals surface area contributed by atoms with Crippen LogP contribution in [0.25, 0.3) is 0 Å². The fourth-order valence-electron chi connectivity index (χ4n) is 1.38. The Morgan fingerprint density at radius 3 is 2.71 bits per heavy atom. The van der Waals surface area contributed by atoms with Gasteiger partial charge in [-0.3, -0.25) is 4.79 Å². The van der Waals surface area contributed by atoms with Crippen LogP contribution in [0.4, 0.5) is 5.13 Å². The lowest BCUT2D eigenvalue weighted by molar-refractivity contribution is 0.0778. The number of carbonyl (C=O) groups is 1. The highest BCUT2D eigenvalue weighted by Gasteiger charge is 2.15. The highest BCUT2D eigenvalue weighted by Crippen LogP contribution is 2.15. The summed E-state index contributed by atoms with van der Waals surface area (Å²) in [5, 5.41) is 5.03. The Balaban J connectivity index is 2.05. The van der Waals surface area contributed by atoms with Gasteiger partial charge < -0.3 is 10.6 Å². The predicted octanol–water partition coefficient (Wildman–Crippen LogP) is 1.76. The summed E-state index contributed by atoms with van der Waals surface area (Å²) in [5.74, 6) is -0.136. The first-order valence-electron chi connectivity index (χ1n) is 4.93. The van der Waals surface area contributed by atoms with Crippen molar-refractivity contribution in [3.05, 3.63) is 27.2 Å². The van der Waals surface area contributed by atoms with Crippen LogP contribution in [0.3, 0.4) is 0 Å². The van der Waals surface area contributed by atoms with Crippen molar-refractivity contribution >= 4 is 33.7 Å². The summed E-state index contributed by atoms with van der Waals surface area (Å²) >= 11 is 2.84. The average Bonchev–Trinajstić information content (AvgIpc) is 2.87. The number of aryl methyl sites for hydroxylation is 1. The van der Waals surface area contributed by atoms with E-state index in [0.29, 0.717) is 17.4 Å². The second kappa shape index (κ2) is 4.80. The number of aromatic nitrogens is 2. The zero-order valence-corrected chi connectivity index (χ0v) is 11.1. The lowest BCUT2D eigenvalue weighted by Gasteiger charge is -2.13. The maximum absolute atomic E-state index is 12.0. The van der Waals surface area contributed by atoms with Crippen LogP contribution in [-0.4, -0.2) is 27.8 Å². The Labute approximate surface area is 107 Å². The predicted molar refractivity (Wildman–Crippen MR) is 69.2 cm³/mol. The topological polar surface area (TPSA) is 72.1 Å². The van der Waals surface area contributed by atoms with Crippen molar-refractivity contribution in [3.8, 4) is 0 Å². The van der Waals surface area contributed by atoms with Crippen LogP contribution in [0.15, 0.2) is 10.8 Å². The average molecular weight is 268 g/mol. The molecule has 0 unspecified atom stereocenters. The van der Waals surface area contributed by atoms with E-state index in [0.717, 1.165) is 10.7 Å². The van der Waals surface area contributed by atoms with Gasteiger partial charge in [0.05, 0.1) is 17.2 Å². The van der Waals surface area contributed by atoms with Crippen molar-refractivity contribution in [1.82, 2.24) is 14.9 Å². The van der Waals surface area contributed by atoms with Gasteiger partial charge in [0.1, 0.15) is 5.69 Å². The number of hydrogen-bond acceptors (Lipinski definition) is 6. The number of amides is 1. The zero-order chi connectivity index (χ0) is 12.4. The molecule has 0 radical (unpaired) electrons. The molecular formula is C10H12N4OS2. The molecule has 90 valence electrons. The number of anilines is 1. The first-order chi connectivity index (χ1) is 8.06. The van der Waals surface area contributed by atoms with E-state index in [-0.39, 0.29) is 5.91 Å². The molecule has 0 spiro atoms. The van der Waals surface area contributed by atoms with Crippen molar-refractivity contribution in [1.29, 1.82) is 0 Å². The molecule has 0 saturated heterocycles. The molecule has 17 heavy (non-hydrogen) atoms. The Morgan fingerprint density at radius 2 is 2.18 bits per heavy atom. The van der Waals surface area contributed by atoms with Gasteiger partial charge in [0, 0.05) is 17.8 Å². The molecule has 0 fully saturated rings. The number of thiazole rings is 2. The SMILES string of the molecule is Cc1nc(CN(C)C(=O)c2csc(N)n2)cs1. The molecule has 1 amide bonds. The molecule has 0 saturated carbocycles. The Bertz CT molecular complexity index is 534. The van der Waals surface area contributed by atoms with Gasteiger partial charge in [0.15, 0.2) is 5.13 Å². The van der Waals surface area contributed by atoms with Gasteiger partial charge in [-0.25, -0.2) is 9.97 Å². The van der Waals surface area contributed by atoms with Gasteiger partial charge in [-0.2, -0.15) is 0 Å². The third-order valence-corrected chi connectivity index (χ3v) is 3.65. The van der Waals surface area contributed by atoms with Crippen LogP contribution < -0.4 is 5.73 Å². The van der Waals surface area contributed by atoms with Crippen molar-refractivity contribution in [3.63, 3.8) is 0 Å².